The van der Waals surface area contributed by atoms with E-state index < -0.39 is 0 Å². The van der Waals surface area contributed by atoms with E-state index >= 15 is 0 Å². The van der Waals surface area contributed by atoms with Gasteiger partial charge in [-0.25, -0.2) is 4.98 Å². The summed E-state index contributed by atoms with van der Waals surface area (Å²) in [5.74, 6) is 0.986. The van der Waals surface area contributed by atoms with Crippen molar-refractivity contribution < 1.29 is 19.0 Å². The maximum absolute atomic E-state index is 13.2. The smallest absolute Gasteiger partial charge is 0.213 e. The van der Waals surface area contributed by atoms with Gasteiger partial charge in [0.2, 0.25) is 11.5 Å². The highest BCUT2D eigenvalue weighted by Gasteiger charge is 2.21. The molecule has 4 aromatic rings. The number of fused-ring (bicyclic) bond motifs is 1. The van der Waals surface area contributed by atoms with Crippen molar-refractivity contribution in [3.63, 3.8) is 0 Å². The number of nitrogens with zero attached hydrogens (tertiary/aromatic N) is 3. The molecule has 0 aliphatic heterocycles. The van der Waals surface area contributed by atoms with Crippen molar-refractivity contribution in [2.45, 2.75) is 0 Å². The first-order valence-electron chi connectivity index (χ1n) is 8.90. The van der Waals surface area contributed by atoms with E-state index in [9.17, 15) is 4.79 Å². The van der Waals surface area contributed by atoms with Crippen LogP contribution < -0.4 is 14.2 Å². The van der Waals surface area contributed by atoms with Crippen LogP contribution in [0.5, 0.6) is 17.2 Å². The van der Waals surface area contributed by atoms with Gasteiger partial charge in [-0.1, -0.05) is 30.3 Å². The molecule has 0 amide bonds. The molecule has 7 heteroatoms. The first-order chi connectivity index (χ1) is 14.2. The molecule has 0 saturated carbocycles. The molecule has 7 nitrogen and oxygen atoms in total. The highest BCUT2D eigenvalue weighted by atomic mass is 16.5. The van der Waals surface area contributed by atoms with Crippen LogP contribution in [0.25, 0.3) is 16.9 Å². The number of imidazole rings is 1. The highest BCUT2D eigenvalue weighted by molar-refractivity contribution is 6.09. The Balaban J connectivity index is 1.81. The zero-order valence-electron chi connectivity index (χ0n) is 16.2. The van der Waals surface area contributed by atoms with Crippen molar-refractivity contribution in [2.75, 3.05) is 21.3 Å². The maximum atomic E-state index is 13.2. The van der Waals surface area contributed by atoms with Gasteiger partial charge in [-0.2, -0.15) is 0 Å². The van der Waals surface area contributed by atoms with Gasteiger partial charge in [0.25, 0.3) is 0 Å². The van der Waals surface area contributed by atoms with Gasteiger partial charge in [0.15, 0.2) is 17.1 Å². The first-order valence-corrected chi connectivity index (χ1v) is 8.90. The number of hydrogen-bond acceptors (Lipinski definition) is 6. The second-order valence-corrected chi connectivity index (χ2v) is 6.24. The second kappa shape index (κ2) is 7.63. The summed E-state index contributed by atoms with van der Waals surface area (Å²) in [6, 6.07) is 13.0. The highest BCUT2D eigenvalue weighted by Crippen LogP contribution is 2.38. The largest absolute Gasteiger partial charge is 0.493 e. The van der Waals surface area contributed by atoms with Gasteiger partial charge in [0, 0.05) is 29.7 Å². The molecule has 0 atom stereocenters. The van der Waals surface area contributed by atoms with Gasteiger partial charge >= 0.3 is 0 Å². The molecule has 0 saturated heterocycles. The molecule has 0 N–H and O–H groups in total. The normalized spacial score (nSPS) is 10.7. The fourth-order valence-corrected chi connectivity index (χ4v) is 3.19. The summed E-state index contributed by atoms with van der Waals surface area (Å²) in [4.78, 5) is 22.2. The van der Waals surface area contributed by atoms with E-state index in [0.29, 0.717) is 39.8 Å². The summed E-state index contributed by atoms with van der Waals surface area (Å²) >= 11 is 0. The molecule has 0 aliphatic carbocycles. The Bertz CT molecular complexity index is 1160. The minimum Gasteiger partial charge on any atom is -0.493 e. The Kier molecular flexibility index (Phi) is 4.87. The Morgan fingerprint density at radius 1 is 0.966 bits per heavy atom. The average molecular weight is 389 g/mol. The van der Waals surface area contributed by atoms with Crippen LogP contribution in [-0.4, -0.2) is 41.5 Å². The lowest BCUT2D eigenvalue weighted by Crippen LogP contribution is -2.04. The lowest BCUT2D eigenvalue weighted by Gasteiger charge is -2.13. The summed E-state index contributed by atoms with van der Waals surface area (Å²) in [5.41, 5.74) is 2.92. The maximum Gasteiger partial charge on any atom is 0.213 e. The van der Waals surface area contributed by atoms with Crippen molar-refractivity contribution in [3.8, 4) is 28.5 Å². The molecule has 0 spiro atoms. The summed E-state index contributed by atoms with van der Waals surface area (Å²) < 4.78 is 17.8. The van der Waals surface area contributed by atoms with E-state index in [0.717, 1.165) is 5.56 Å². The van der Waals surface area contributed by atoms with Crippen LogP contribution in [0.2, 0.25) is 0 Å². The third kappa shape index (κ3) is 3.27. The second-order valence-electron chi connectivity index (χ2n) is 6.24. The molecule has 29 heavy (non-hydrogen) atoms. The van der Waals surface area contributed by atoms with E-state index in [4.69, 9.17) is 14.2 Å². The zero-order valence-corrected chi connectivity index (χ0v) is 16.2. The van der Waals surface area contributed by atoms with Crippen LogP contribution in [0.4, 0.5) is 0 Å². The molecule has 4 rings (SSSR count). The van der Waals surface area contributed by atoms with Crippen LogP contribution in [0.15, 0.2) is 61.1 Å². The zero-order chi connectivity index (χ0) is 20.4. The first kappa shape index (κ1) is 18.5. The van der Waals surface area contributed by atoms with Crippen LogP contribution in [0.3, 0.4) is 0 Å². The number of rotatable bonds is 6. The van der Waals surface area contributed by atoms with Gasteiger partial charge in [0.05, 0.1) is 21.3 Å². The summed E-state index contributed by atoms with van der Waals surface area (Å²) in [7, 11) is 4.53. The molecule has 2 aromatic carbocycles. The summed E-state index contributed by atoms with van der Waals surface area (Å²) in [5, 5.41) is 0. The van der Waals surface area contributed by atoms with E-state index in [-0.39, 0.29) is 5.78 Å². The van der Waals surface area contributed by atoms with Gasteiger partial charge in [0.1, 0.15) is 11.4 Å². The number of hydrogen-bond donors (Lipinski definition) is 0. The standard InChI is InChI=1S/C22H19N3O4/c1-27-17-11-15(12-18(28-2)21(17)29-3)20(26)16-13-25-10-9-23-19(22(25)24-16)14-7-5-4-6-8-14/h4-13H,1-3H3. The topological polar surface area (TPSA) is 75.0 Å². The monoisotopic (exact) mass is 389 g/mol. The molecule has 0 fully saturated rings. The number of ketones is 1. The third-order valence-electron chi connectivity index (χ3n) is 4.58. The van der Waals surface area contributed by atoms with Gasteiger partial charge < -0.3 is 18.6 Å². The van der Waals surface area contributed by atoms with Gasteiger partial charge in [-0.15, -0.1) is 0 Å². The Morgan fingerprint density at radius 2 is 1.66 bits per heavy atom. The molecule has 0 aliphatic rings. The van der Waals surface area contributed by atoms with E-state index in [1.807, 2.05) is 30.3 Å². The van der Waals surface area contributed by atoms with Gasteiger partial charge in [-0.05, 0) is 12.1 Å². The molecule has 2 heterocycles. The van der Waals surface area contributed by atoms with Crippen LogP contribution >= 0.6 is 0 Å². The molecule has 0 radical (unpaired) electrons. The van der Waals surface area contributed by atoms with Gasteiger partial charge in [-0.3, -0.25) is 9.78 Å². The van der Waals surface area contributed by atoms with Crippen LogP contribution in [0, 0.1) is 0 Å². The lowest BCUT2D eigenvalue weighted by molar-refractivity contribution is 0.103. The quantitative estimate of drug-likeness (QED) is 0.469. The summed E-state index contributed by atoms with van der Waals surface area (Å²) in [6.07, 6.45) is 5.14. The number of carbonyl (C=O) groups excluding carboxylic acids is 1. The number of carbonyl (C=O) groups is 1. The predicted octanol–water partition coefficient (Wildman–Crippen LogP) is 3.65. The SMILES string of the molecule is COc1cc(C(=O)c2cn3ccnc(-c4ccccc4)c3n2)cc(OC)c1OC. The lowest BCUT2D eigenvalue weighted by atomic mass is 10.1. The van der Waals surface area contributed by atoms with Crippen LogP contribution in [0.1, 0.15) is 16.1 Å². The van der Waals surface area contributed by atoms with Crippen molar-refractivity contribution in [1.82, 2.24) is 14.4 Å². The van der Waals surface area contributed by atoms with Crippen molar-refractivity contribution in [3.05, 3.63) is 72.3 Å². The summed E-state index contributed by atoms with van der Waals surface area (Å²) in [6.45, 7) is 0. The number of methoxy groups -OCH3 is 3. The molecular formula is C22H19N3O4. The predicted molar refractivity (Wildman–Crippen MR) is 108 cm³/mol. The molecule has 146 valence electrons. The van der Waals surface area contributed by atoms with Crippen molar-refractivity contribution >= 4 is 11.4 Å². The number of aromatic nitrogens is 3. The molecule has 0 bridgehead atoms. The Labute approximate surface area is 167 Å². The minimum absolute atomic E-state index is 0.257. The van der Waals surface area contributed by atoms with E-state index in [1.54, 1.807) is 35.1 Å². The van der Waals surface area contributed by atoms with Crippen molar-refractivity contribution in [1.29, 1.82) is 0 Å². The fourth-order valence-electron chi connectivity index (χ4n) is 3.19. The Hall–Kier alpha value is -3.87. The van der Waals surface area contributed by atoms with E-state index in [2.05, 4.69) is 9.97 Å². The number of benzene rings is 2. The van der Waals surface area contributed by atoms with E-state index in [1.165, 1.54) is 21.3 Å². The Morgan fingerprint density at radius 3 is 2.28 bits per heavy atom. The molecule has 0 unspecified atom stereocenters. The van der Waals surface area contributed by atoms with Crippen molar-refractivity contribution in [2.24, 2.45) is 0 Å². The fraction of sp³-hybridized carbons (Fsp3) is 0.136. The van der Waals surface area contributed by atoms with Crippen LogP contribution in [-0.2, 0) is 0 Å². The minimum atomic E-state index is -0.257. The molecule has 2 aromatic heterocycles. The number of ether oxygens (including phenoxy) is 3. The average Bonchev–Trinajstić information content (AvgIpc) is 3.22. The molecular weight excluding hydrogens is 370 g/mol. The third-order valence-corrected chi connectivity index (χ3v) is 4.58.